The molecular weight excluding hydrogens is 312 g/mol. The van der Waals surface area contributed by atoms with Crippen molar-refractivity contribution in [3.63, 3.8) is 0 Å². The van der Waals surface area contributed by atoms with Crippen LogP contribution >= 0.6 is 12.4 Å². The molecule has 0 aliphatic carbocycles. The van der Waals surface area contributed by atoms with Gasteiger partial charge in [0.05, 0.1) is 6.61 Å². The average Bonchev–Trinajstić information content (AvgIpc) is 2.93. The average molecular weight is 341 g/mol. The topological polar surface area (TPSA) is 60.3 Å². The molecule has 0 spiro atoms. The highest BCUT2D eigenvalue weighted by molar-refractivity contribution is 5.85. The van der Waals surface area contributed by atoms with Crippen LogP contribution in [0.2, 0.25) is 0 Å². The van der Waals surface area contributed by atoms with Crippen LogP contribution in [0, 0.1) is 0 Å². The first-order valence-electron chi connectivity index (χ1n) is 8.35. The van der Waals surface area contributed by atoms with Gasteiger partial charge >= 0.3 is 0 Å². The summed E-state index contributed by atoms with van der Waals surface area (Å²) in [4.78, 5) is 3.27. The maximum Gasteiger partial charge on any atom is 0.120 e. The van der Waals surface area contributed by atoms with E-state index in [4.69, 9.17) is 15.2 Å². The SMILES string of the molecule is CCCCOCCCCOc1ccc2[nH]cc(CCN)c2c1.Cl. The number of nitrogens with one attached hydrogen (secondary N) is 1. The number of benzene rings is 1. The normalized spacial score (nSPS) is 10.7. The fraction of sp³-hybridized carbons (Fsp3) is 0.556. The number of halogens is 1. The second kappa shape index (κ2) is 11.3. The number of unbranched alkanes of at least 4 members (excludes halogenated alkanes) is 2. The Balaban J connectivity index is 0.00000264. The minimum absolute atomic E-state index is 0. The molecule has 2 aromatic rings. The number of hydrogen-bond acceptors (Lipinski definition) is 3. The van der Waals surface area contributed by atoms with Gasteiger partial charge in [0.1, 0.15) is 5.75 Å². The third-order valence-corrected chi connectivity index (χ3v) is 3.75. The third-order valence-electron chi connectivity index (χ3n) is 3.75. The van der Waals surface area contributed by atoms with Crippen molar-refractivity contribution in [1.29, 1.82) is 0 Å². The number of H-pyrrole nitrogens is 1. The van der Waals surface area contributed by atoms with E-state index in [1.165, 1.54) is 17.4 Å². The molecule has 0 aliphatic rings. The van der Waals surface area contributed by atoms with E-state index < -0.39 is 0 Å². The summed E-state index contributed by atoms with van der Waals surface area (Å²) in [5.41, 5.74) is 8.04. The fourth-order valence-electron chi connectivity index (χ4n) is 2.45. The molecule has 0 radical (unpaired) electrons. The molecule has 4 nitrogen and oxygen atoms in total. The lowest BCUT2D eigenvalue weighted by molar-refractivity contribution is 0.123. The van der Waals surface area contributed by atoms with Gasteiger partial charge in [-0.05, 0) is 56.0 Å². The highest BCUT2D eigenvalue weighted by Crippen LogP contribution is 2.24. The zero-order chi connectivity index (χ0) is 15.6. The van der Waals surface area contributed by atoms with E-state index in [1.54, 1.807) is 0 Å². The lowest BCUT2D eigenvalue weighted by Gasteiger charge is -2.07. The van der Waals surface area contributed by atoms with E-state index in [0.717, 1.165) is 56.8 Å². The van der Waals surface area contributed by atoms with Crippen LogP contribution < -0.4 is 10.5 Å². The molecular formula is C18H29ClN2O2. The zero-order valence-corrected chi connectivity index (χ0v) is 14.8. The van der Waals surface area contributed by atoms with E-state index >= 15 is 0 Å². The van der Waals surface area contributed by atoms with Crippen LogP contribution in [-0.2, 0) is 11.2 Å². The smallest absolute Gasteiger partial charge is 0.120 e. The summed E-state index contributed by atoms with van der Waals surface area (Å²) < 4.78 is 11.4. The van der Waals surface area contributed by atoms with Gasteiger partial charge in [-0.1, -0.05) is 13.3 Å². The van der Waals surface area contributed by atoms with Crippen molar-refractivity contribution in [1.82, 2.24) is 4.98 Å². The summed E-state index contributed by atoms with van der Waals surface area (Å²) in [7, 11) is 0. The van der Waals surface area contributed by atoms with Crippen LogP contribution in [-0.4, -0.2) is 31.3 Å². The van der Waals surface area contributed by atoms with Crippen molar-refractivity contribution in [2.45, 2.75) is 39.0 Å². The minimum atomic E-state index is 0. The number of fused-ring (bicyclic) bond motifs is 1. The predicted molar refractivity (Wildman–Crippen MR) is 98.8 cm³/mol. The van der Waals surface area contributed by atoms with Gasteiger partial charge < -0.3 is 20.2 Å². The second-order valence-corrected chi connectivity index (χ2v) is 5.58. The Morgan fingerprint density at radius 3 is 2.65 bits per heavy atom. The van der Waals surface area contributed by atoms with E-state index in [2.05, 4.69) is 24.0 Å². The Labute approximate surface area is 145 Å². The van der Waals surface area contributed by atoms with Gasteiger partial charge in [0.25, 0.3) is 0 Å². The van der Waals surface area contributed by atoms with Crippen molar-refractivity contribution in [3.05, 3.63) is 30.0 Å². The van der Waals surface area contributed by atoms with Crippen LogP contribution in [0.1, 0.15) is 38.2 Å². The van der Waals surface area contributed by atoms with Gasteiger partial charge in [-0.25, -0.2) is 0 Å². The molecule has 0 bridgehead atoms. The lowest BCUT2D eigenvalue weighted by atomic mass is 10.1. The van der Waals surface area contributed by atoms with Gasteiger partial charge in [-0.3, -0.25) is 0 Å². The van der Waals surface area contributed by atoms with Crippen LogP contribution in [0.15, 0.2) is 24.4 Å². The van der Waals surface area contributed by atoms with Gasteiger partial charge in [0.15, 0.2) is 0 Å². The molecule has 0 atom stereocenters. The zero-order valence-electron chi connectivity index (χ0n) is 14.0. The first kappa shape index (κ1) is 19.8. The molecule has 23 heavy (non-hydrogen) atoms. The van der Waals surface area contributed by atoms with Gasteiger partial charge in [0.2, 0.25) is 0 Å². The Kier molecular flexibility index (Phi) is 9.76. The summed E-state index contributed by atoms with van der Waals surface area (Å²) in [5, 5.41) is 1.21. The Morgan fingerprint density at radius 2 is 1.87 bits per heavy atom. The fourth-order valence-corrected chi connectivity index (χ4v) is 2.45. The number of rotatable bonds is 11. The van der Waals surface area contributed by atoms with Crippen LogP contribution in [0.5, 0.6) is 5.75 Å². The Bertz CT molecular complexity index is 557. The van der Waals surface area contributed by atoms with E-state index in [9.17, 15) is 0 Å². The number of nitrogens with two attached hydrogens (primary N) is 1. The molecule has 1 aromatic heterocycles. The number of aromatic nitrogens is 1. The van der Waals surface area contributed by atoms with Crippen molar-refractivity contribution in [3.8, 4) is 5.75 Å². The molecule has 2 rings (SSSR count). The summed E-state index contributed by atoms with van der Waals surface area (Å²) in [6.07, 6.45) is 7.34. The summed E-state index contributed by atoms with van der Waals surface area (Å²) in [5.74, 6) is 0.928. The van der Waals surface area contributed by atoms with Gasteiger partial charge in [-0.15, -0.1) is 12.4 Å². The molecule has 0 saturated heterocycles. The van der Waals surface area contributed by atoms with Gasteiger partial charge in [-0.2, -0.15) is 0 Å². The van der Waals surface area contributed by atoms with Gasteiger partial charge in [0, 0.05) is 30.3 Å². The quantitative estimate of drug-likeness (QED) is 0.606. The van der Waals surface area contributed by atoms with Crippen molar-refractivity contribution in [2.75, 3.05) is 26.4 Å². The van der Waals surface area contributed by atoms with Crippen LogP contribution in [0.25, 0.3) is 10.9 Å². The Morgan fingerprint density at radius 1 is 1.09 bits per heavy atom. The summed E-state index contributed by atoms with van der Waals surface area (Å²) in [6, 6.07) is 6.19. The van der Waals surface area contributed by atoms with Crippen LogP contribution in [0.3, 0.4) is 0 Å². The maximum absolute atomic E-state index is 5.84. The predicted octanol–water partition coefficient (Wildman–Crippen LogP) is 4.07. The Hall–Kier alpha value is -1.23. The molecule has 0 fully saturated rings. The largest absolute Gasteiger partial charge is 0.494 e. The molecule has 0 unspecified atom stereocenters. The third kappa shape index (κ3) is 6.42. The molecule has 0 saturated carbocycles. The number of hydrogen-bond donors (Lipinski definition) is 2. The monoisotopic (exact) mass is 340 g/mol. The highest BCUT2D eigenvalue weighted by Gasteiger charge is 2.04. The van der Waals surface area contributed by atoms with Crippen molar-refractivity contribution in [2.24, 2.45) is 5.73 Å². The molecule has 0 amide bonds. The second-order valence-electron chi connectivity index (χ2n) is 5.58. The van der Waals surface area contributed by atoms with Crippen LogP contribution in [0.4, 0.5) is 0 Å². The standard InChI is InChI=1S/C18H28N2O2.ClH/c1-2-3-10-21-11-4-5-12-22-16-6-7-18-17(13-16)15(8-9-19)14-20-18;/h6-7,13-14,20H,2-5,8-12,19H2,1H3;1H. The number of aromatic amines is 1. The van der Waals surface area contributed by atoms with E-state index in [1.807, 2.05) is 12.3 Å². The first-order valence-corrected chi connectivity index (χ1v) is 8.35. The first-order chi connectivity index (χ1) is 10.8. The molecule has 3 N–H and O–H groups in total. The summed E-state index contributed by atoms with van der Waals surface area (Å²) >= 11 is 0. The summed E-state index contributed by atoms with van der Waals surface area (Å²) in [6.45, 7) is 5.29. The number of ether oxygens (including phenoxy) is 2. The molecule has 130 valence electrons. The highest BCUT2D eigenvalue weighted by atomic mass is 35.5. The van der Waals surface area contributed by atoms with Crippen molar-refractivity contribution >= 4 is 23.3 Å². The maximum atomic E-state index is 5.84. The van der Waals surface area contributed by atoms with E-state index in [0.29, 0.717) is 6.54 Å². The minimum Gasteiger partial charge on any atom is -0.494 e. The molecule has 5 heteroatoms. The molecule has 0 aliphatic heterocycles. The van der Waals surface area contributed by atoms with E-state index in [-0.39, 0.29) is 12.4 Å². The lowest BCUT2D eigenvalue weighted by Crippen LogP contribution is -2.02. The molecule has 1 aromatic carbocycles. The molecule has 1 heterocycles. The van der Waals surface area contributed by atoms with Crippen molar-refractivity contribution < 1.29 is 9.47 Å².